The van der Waals surface area contributed by atoms with Crippen LogP contribution < -0.4 is 20.1 Å². The lowest BCUT2D eigenvalue weighted by atomic mass is 10.2. The lowest BCUT2D eigenvalue weighted by molar-refractivity contribution is 0.141. The predicted octanol–water partition coefficient (Wildman–Crippen LogP) is 1.97. The third-order valence-corrected chi connectivity index (χ3v) is 4.53. The SMILES string of the molecule is CN=C(NCCOc1ccc(OC)cc1)NCC1CCCN1CCOC.I. The molecule has 0 radical (unpaired) electrons. The highest BCUT2D eigenvalue weighted by Crippen LogP contribution is 2.17. The number of likely N-dealkylation sites (tertiary alicyclic amines) is 1. The number of benzene rings is 1. The Bertz CT molecular complexity index is 542. The highest BCUT2D eigenvalue weighted by molar-refractivity contribution is 14.0. The van der Waals surface area contributed by atoms with E-state index in [0.29, 0.717) is 19.2 Å². The maximum absolute atomic E-state index is 5.72. The highest BCUT2D eigenvalue weighted by atomic mass is 127. The van der Waals surface area contributed by atoms with Crippen LogP contribution in [0.5, 0.6) is 11.5 Å². The van der Waals surface area contributed by atoms with Crippen LogP contribution in [0.15, 0.2) is 29.3 Å². The van der Waals surface area contributed by atoms with E-state index < -0.39 is 0 Å². The van der Waals surface area contributed by atoms with Crippen LogP contribution in [-0.2, 0) is 4.74 Å². The lowest BCUT2D eigenvalue weighted by Gasteiger charge is -2.25. The van der Waals surface area contributed by atoms with Gasteiger partial charge in [0.1, 0.15) is 18.1 Å². The molecule has 0 aromatic heterocycles. The maximum atomic E-state index is 5.72. The first-order chi connectivity index (χ1) is 12.8. The molecule has 0 saturated carbocycles. The van der Waals surface area contributed by atoms with Gasteiger partial charge in [-0.15, -0.1) is 24.0 Å². The van der Waals surface area contributed by atoms with Crippen molar-refractivity contribution in [1.29, 1.82) is 0 Å². The van der Waals surface area contributed by atoms with Crippen LogP contribution in [0.3, 0.4) is 0 Å². The van der Waals surface area contributed by atoms with Gasteiger partial charge in [0, 0.05) is 33.3 Å². The van der Waals surface area contributed by atoms with Crippen molar-refractivity contribution in [2.24, 2.45) is 4.99 Å². The van der Waals surface area contributed by atoms with Crippen LogP contribution in [0.2, 0.25) is 0 Å². The Morgan fingerprint density at radius 3 is 2.56 bits per heavy atom. The minimum atomic E-state index is 0. The minimum absolute atomic E-state index is 0. The molecule has 27 heavy (non-hydrogen) atoms. The van der Waals surface area contributed by atoms with Crippen molar-refractivity contribution in [3.05, 3.63) is 24.3 Å². The van der Waals surface area contributed by atoms with Gasteiger partial charge in [0.25, 0.3) is 0 Å². The zero-order valence-electron chi connectivity index (χ0n) is 16.6. The Labute approximate surface area is 179 Å². The first-order valence-corrected chi connectivity index (χ1v) is 9.21. The van der Waals surface area contributed by atoms with Crippen molar-refractivity contribution in [1.82, 2.24) is 15.5 Å². The Morgan fingerprint density at radius 1 is 1.15 bits per heavy atom. The summed E-state index contributed by atoms with van der Waals surface area (Å²) in [5.41, 5.74) is 0. The molecule has 0 aliphatic carbocycles. The second kappa shape index (κ2) is 13.8. The molecule has 1 atom stereocenters. The summed E-state index contributed by atoms with van der Waals surface area (Å²) < 4.78 is 16.0. The quantitative estimate of drug-likeness (QED) is 0.225. The fraction of sp³-hybridized carbons (Fsp3) is 0.632. The second-order valence-corrected chi connectivity index (χ2v) is 6.23. The van der Waals surface area contributed by atoms with Crippen molar-refractivity contribution in [3.63, 3.8) is 0 Å². The average Bonchev–Trinajstić information content (AvgIpc) is 3.13. The number of nitrogens with one attached hydrogen (secondary N) is 2. The first kappa shape index (κ1) is 23.8. The third kappa shape index (κ3) is 8.52. The lowest BCUT2D eigenvalue weighted by Crippen LogP contribution is -2.46. The predicted molar refractivity (Wildman–Crippen MR) is 120 cm³/mol. The Morgan fingerprint density at radius 2 is 1.89 bits per heavy atom. The van der Waals surface area contributed by atoms with E-state index >= 15 is 0 Å². The Balaban J connectivity index is 0.00000364. The molecule has 154 valence electrons. The number of methoxy groups -OCH3 is 2. The molecule has 1 fully saturated rings. The molecule has 7 nitrogen and oxygen atoms in total. The minimum Gasteiger partial charge on any atom is -0.497 e. The van der Waals surface area contributed by atoms with Gasteiger partial charge in [0.2, 0.25) is 0 Å². The monoisotopic (exact) mass is 492 g/mol. The van der Waals surface area contributed by atoms with Gasteiger partial charge in [0.05, 0.1) is 20.3 Å². The molecular weight excluding hydrogens is 459 g/mol. The standard InChI is InChI=1S/C19H32N4O3.HI/c1-20-19(22-15-16-5-4-11-23(16)12-14-24-2)21-10-13-26-18-8-6-17(25-3)7-9-18;/h6-9,16H,4-5,10-15H2,1-3H3,(H2,20,21,22);1H. The summed E-state index contributed by atoms with van der Waals surface area (Å²) in [6, 6.07) is 8.13. The number of ether oxygens (including phenoxy) is 3. The van der Waals surface area contributed by atoms with E-state index in [-0.39, 0.29) is 24.0 Å². The molecule has 1 heterocycles. The zero-order chi connectivity index (χ0) is 18.6. The zero-order valence-corrected chi connectivity index (χ0v) is 18.9. The van der Waals surface area contributed by atoms with Crippen LogP contribution in [0.25, 0.3) is 0 Å². The number of guanidine groups is 1. The summed E-state index contributed by atoms with van der Waals surface area (Å²) in [6.45, 7) is 5.07. The summed E-state index contributed by atoms with van der Waals surface area (Å²) in [5, 5.41) is 6.71. The van der Waals surface area contributed by atoms with E-state index in [0.717, 1.165) is 43.7 Å². The number of nitrogens with zero attached hydrogens (tertiary/aromatic N) is 2. The van der Waals surface area contributed by atoms with Crippen molar-refractivity contribution in [2.45, 2.75) is 18.9 Å². The molecule has 1 aromatic rings. The van der Waals surface area contributed by atoms with E-state index in [1.54, 1.807) is 21.3 Å². The van der Waals surface area contributed by atoms with Crippen LogP contribution in [0.1, 0.15) is 12.8 Å². The summed E-state index contributed by atoms with van der Waals surface area (Å²) in [5.74, 6) is 2.46. The number of hydrogen-bond donors (Lipinski definition) is 2. The normalized spacial score (nSPS) is 17.3. The number of halogens is 1. The van der Waals surface area contributed by atoms with Crippen molar-refractivity contribution < 1.29 is 14.2 Å². The van der Waals surface area contributed by atoms with Gasteiger partial charge in [-0.25, -0.2) is 0 Å². The van der Waals surface area contributed by atoms with Crippen molar-refractivity contribution in [3.8, 4) is 11.5 Å². The molecule has 1 aliphatic rings. The molecule has 0 bridgehead atoms. The number of rotatable bonds is 10. The van der Waals surface area contributed by atoms with Crippen LogP contribution in [0.4, 0.5) is 0 Å². The van der Waals surface area contributed by atoms with Gasteiger partial charge < -0.3 is 24.8 Å². The Hall–Kier alpha value is -1.26. The van der Waals surface area contributed by atoms with Gasteiger partial charge in [-0.2, -0.15) is 0 Å². The number of hydrogen-bond acceptors (Lipinski definition) is 5. The molecule has 1 unspecified atom stereocenters. The van der Waals surface area contributed by atoms with Crippen LogP contribution >= 0.6 is 24.0 Å². The highest BCUT2D eigenvalue weighted by Gasteiger charge is 2.23. The molecular formula is C19H33IN4O3. The second-order valence-electron chi connectivity index (χ2n) is 6.23. The largest absolute Gasteiger partial charge is 0.497 e. The maximum Gasteiger partial charge on any atom is 0.191 e. The Kier molecular flexibility index (Phi) is 12.2. The fourth-order valence-corrected chi connectivity index (χ4v) is 3.07. The van der Waals surface area contributed by atoms with E-state index in [4.69, 9.17) is 14.2 Å². The smallest absolute Gasteiger partial charge is 0.191 e. The first-order valence-electron chi connectivity index (χ1n) is 9.21. The number of aliphatic imine (C=N–C) groups is 1. The summed E-state index contributed by atoms with van der Waals surface area (Å²) in [4.78, 5) is 6.77. The molecule has 1 aromatic carbocycles. The molecule has 8 heteroatoms. The fourth-order valence-electron chi connectivity index (χ4n) is 3.07. The van der Waals surface area contributed by atoms with Gasteiger partial charge in [-0.05, 0) is 43.7 Å². The molecule has 2 rings (SSSR count). The van der Waals surface area contributed by atoms with Gasteiger partial charge in [-0.3, -0.25) is 9.89 Å². The molecule has 2 N–H and O–H groups in total. The topological polar surface area (TPSA) is 67.4 Å². The molecule has 1 saturated heterocycles. The summed E-state index contributed by atoms with van der Waals surface area (Å²) in [6.07, 6.45) is 2.46. The van der Waals surface area contributed by atoms with Gasteiger partial charge in [0.15, 0.2) is 5.96 Å². The molecule has 1 aliphatic heterocycles. The van der Waals surface area contributed by atoms with E-state index in [1.165, 1.54) is 12.8 Å². The average molecular weight is 492 g/mol. The summed E-state index contributed by atoms with van der Waals surface area (Å²) in [7, 11) is 5.20. The van der Waals surface area contributed by atoms with E-state index in [9.17, 15) is 0 Å². The van der Waals surface area contributed by atoms with Gasteiger partial charge in [-0.1, -0.05) is 0 Å². The van der Waals surface area contributed by atoms with Crippen LogP contribution in [-0.4, -0.2) is 77.6 Å². The summed E-state index contributed by atoms with van der Waals surface area (Å²) >= 11 is 0. The van der Waals surface area contributed by atoms with Crippen molar-refractivity contribution in [2.75, 3.05) is 60.7 Å². The van der Waals surface area contributed by atoms with Crippen LogP contribution in [0, 0.1) is 0 Å². The molecule has 0 spiro atoms. The molecule has 0 amide bonds. The van der Waals surface area contributed by atoms with Crippen molar-refractivity contribution >= 4 is 29.9 Å². The van der Waals surface area contributed by atoms with Gasteiger partial charge >= 0.3 is 0 Å². The van der Waals surface area contributed by atoms with E-state index in [2.05, 4.69) is 20.5 Å². The third-order valence-electron chi connectivity index (χ3n) is 4.53. The van der Waals surface area contributed by atoms with E-state index in [1.807, 2.05) is 24.3 Å².